The van der Waals surface area contributed by atoms with Crippen LogP contribution in [0.5, 0.6) is 5.75 Å². The molecule has 3 aromatic rings. The van der Waals surface area contributed by atoms with Gasteiger partial charge in [-0.2, -0.15) is 0 Å². The van der Waals surface area contributed by atoms with Gasteiger partial charge in [0.15, 0.2) is 11.0 Å². The number of allylic oxidation sites excluding steroid dienone is 1. The Morgan fingerprint density at radius 1 is 1.30 bits per heavy atom. The average Bonchev–Trinajstić information content (AvgIpc) is 3.12. The Hall–Kier alpha value is -2.48. The zero-order valence-electron chi connectivity index (χ0n) is 16.5. The molecule has 0 saturated heterocycles. The van der Waals surface area contributed by atoms with Gasteiger partial charge in [0, 0.05) is 28.2 Å². The molecule has 0 saturated carbocycles. The predicted octanol–water partition coefficient (Wildman–Crippen LogP) is 5.49. The summed E-state index contributed by atoms with van der Waals surface area (Å²) < 4.78 is 7.20. The molecule has 0 aliphatic heterocycles. The first-order valence-corrected chi connectivity index (χ1v) is 10.7. The molecule has 1 amide bonds. The minimum Gasteiger partial charge on any atom is -0.495 e. The number of anilines is 1. The fourth-order valence-electron chi connectivity index (χ4n) is 2.78. The Labute approximate surface area is 189 Å². The van der Waals surface area contributed by atoms with Crippen molar-refractivity contribution in [3.8, 4) is 17.1 Å². The number of amides is 1. The number of thioether (sulfide) groups is 1. The van der Waals surface area contributed by atoms with Crippen LogP contribution in [0, 0.1) is 6.92 Å². The number of halogens is 2. The molecule has 6 nitrogen and oxygen atoms in total. The molecule has 0 spiro atoms. The Kier molecular flexibility index (Phi) is 7.42. The molecule has 9 heteroatoms. The van der Waals surface area contributed by atoms with Crippen LogP contribution in [0.2, 0.25) is 10.0 Å². The van der Waals surface area contributed by atoms with E-state index in [2.05, 4.69) is 22.1 Å². The molecule has 0 aliphatic carbocycles. The van der Waals surface area contributed by atoms with Gasteiger partial charge in [0.05, 0.1) is 18.6 Å². The molecule has 1 aromatic heterocycles. The molecule has 1 heterocycles. The second-order valence-electron chi connectivity index (χ2n) is 6.35. The van der Waals surface area contributed by atoms with Gasteiger partial charge < -0.3 is 10.1 Å². The summed E-state index contributed by atoms with van der Waals surface area (Å²) in [6, 6.07) is 10.8. The van der Waals surface area contributed by atoms with Crippen molar-refractivity contribution in [3.63, 3.8) is 0 Å². The van der Waals surface area contributed by atoms with E-state index in [1.807, 2.05) is 29.7 Å². The highest BCUT2D eigenvalue weighted by Crippen LogP contribution is 2.31. The van der Waals surface area contributed by atoms with Crippen LogP contribution in [0.4, 0.5) is 5.69 Å². The van der Waals surface area contributed by atoms with E-state index < -0.39 is 0 Å². The third kappa shape index (κ3) is 5.16. The van der Waals surface area contributed by atoms with Crippen molar-refractivity contribution < 1.29 is 9.53 Å². The largest absolute Gasteiger partial charge is 0.495 e. The maximum Gasteiger partial charge on any atom is 0.234 e. The van der Waals surface area contributed by atoms with Crippen LogP contribution >= 0.6 is 35.0 Å². The van der Waals surface area contributed by atoms with E-state index in [0.29, 0.717) is 39.0 Å². The Morgan fingerprint density at radius 2 is 2.10 bits per heavy atom. The minimum atomic E-state index is -0.197. The van der Waals surface area contributed by atoms with Crippen LogP contribution in [0.1, 0.15) is 5.56 Å². The second-order valence-corrected chi connectivity index (χ2v) is 8.14. The number of carbonyl (C=O) groups excluding carboxylic acids is 1. The number of benzene rings is 2. The number of nitrogens with zero attached hydrogens (tertiary/aromatic N) is 3. The molecule has 1 N–H and O–H groups in total. The Morgan fingerprint density at radius 3 is 2.80 bits per heavy atom. The molecule has 0 unspecified atom stereocenters. The van der Waals surface area contributed by atoms with Crippen LogP contribution in [0.15, 0.2) is 54.2 Å². The van der Waals surface area contributed by atoms with E-state index in [0.717, 1.165) is 11.1 Å². The van der Waals surface area contributed by atoms with E-state index >= 15 is 0 Å². The van der Waals surface area contributed by atoms with E-state index in [1.165, 1.54) is 18.9 Å². The smallest absolute Gasteiger partial charge is 0.234 e. The van der Waals surface area contributed by atoms with Gasteiger partial charge in [-0.05, 0) is 30.7 Å². The summed E-state index contributed by atoms with van der Waals surface area (Å²) in [6.45, 7) is 6.16. The number of nitrogens with one attached hydrogen (secondary N) is 1. The molecule has 0 atom stereocenters. The molecule has 0 bridgehead atoms. The topological polar surface area (TPSA) is 69.0 Å². The molecule has 0 radical (unpaired) electrons. The highest BCUT2D eigenvalue weighted by Gasteiger charge is 2.16. The SMILES string of the molecule is C=CCn1c(SCC(=O)Nc2cc(C)c(Cl)cc2OC)nnc1-c1cccc(Cl)c1. The first kappa shape index (κ1) is 22.2. The van der Waals surface area contributed by atoms with Gasteiger partial charge in [0.1, 0.15) is 5.75 Å². The van der Waals surface area contributed by atoms with E-state index in [1.54, 1.807) is 24.3 Å². The monoisotopic (exact) mass is 462 g/mol. The maximum atomic E-state index is 12.5. The summed E-state index contributed by atoms with van der Waals surface area (Å²) in [5.74, 6) is 1.12. The highest BCUT2D eigenvalue weighted by molar-refractivity contribution is 7.99. The number of aryl methyl sites for hydroxylation is 1. The molecular weight excluding hydrogens is 443 g/mol. The quantitative estimate of drug-likeness (QED) is 0.354. The van der Waals surface area contributed by atoms with Crippen molar-refractivity contribution in [2.75, 3.05) is 18.2 Å². The third-order valence-electron chi connectivity index (χ3n) is 4.20. The number of carbonyl (C=O) groups is 1. The molecular formula is C21H20Cl2N4O2S. The lowest BCUT2D eigenvalue weighted by Gasteiger charge is -2.12. The van der Waals surface area contributed by atoms with Crippen molar-refractivity contribution in [1.82, 2.24) is 14.8 Å². The van der Waals surface area contributed by atoms with Crippen LogP contribution < -0.4 is 10.1 Å². The van der Waals surface area contributed by atoms with Crippen LogP contribution in [0.3, 0.4) is 0 Å². The standard InChI is InChI=1S/C21H20Cl2N4O2S/c1-4-8-27-20(14-6-5-7-15(22)10-14)25-26-21(27)30-12-19(28)24-17-9-13(2)16(23)11-18(17)29-3/h4-7,9-11H,1,8,12H2,2-3H3,(H,24,28). The first-order valence-electron chi connectivity index (χ1n) is 8.99. The van der Waals surface area contributed by atoms with Crippen molar-refractivity contribution in [2.24, 2.45) is 0 Å². The summed E-state index contributed by atoms with van der Waals surface area (Å²) in [5.41, 5.74) is 2.25. The maximum absolute atomic E-state index is 12.5. The first-order chi connectivity index (χ1) is 14.4. The van der Waals surface area contributed by atoms with E-state index in [4.69, 9.17) is 27.9 Å². The third-order valence-corrected chi connectivity index (χ3v) is 5.81. The minimum absolute atomic E-state index is 0.148. The molecule has 0 aliphatic rings. The number of hydrogen-bond acceptors (Lipinski definition) is 5. The normalized spacial score (nSPS) is 10.7. The lowest BCUT2D eigenvalue weighted by Crippen LogP contribution is -2.15. The fraction of sp³-hybridized carbons (Fsp3) is 0.190. The molecule has 30 heavy (non-hydrogen) atoms. The molecule has 156 valence electrons. The highest BCUT2D eigenvalue weighted by atomic mass is 35.5. The summed E-state index contributed by atoms with van der Waals surface area (Å²) in [6.07, 6.45) is 1.75. The van der Waals surface area contributed by atoms with Crippen LogP contribution in [0.25, 0.3) is 11.4 Å². The lowest BCUT2D eigenvalue weighted by molar-refractivity contribution is -0.113. The van der Waals surface area contributed by atoms with Gasteiger partial charge in [-0.1, -0.05) is 53.2 Å². The Balaban J connectivity index is 1.75. The fourth-order valence-corrected chi connectivity index (χ4v) is 3.87. The van der Waals surface area contributed by atoms with Gasteiger partial charge in [0.25, 0.3) is 0 Å². The van der Waals surface area contributed by atoms with E-state index in [9.17, 15) is 4.79 Å². The number of rotatable bonds is 8. The number of ether oxygens (including phenoxy) is 1. The van der Waals surface area contributed by atoms with Crippen molar-refractivity contribution in [2.45, 2.75) is 18.6 Å². The second kappa shape index (κ2) is 10.0. The number of methoxy groups -OCH3 is 1. The lowest BCUT2D eigenvalue weighted by atomic mass is 10.2. The number of hydrogen-bond donors (Lipinski definition) is 1. The van der Waals surface area contributed by atoms with Gasteiger partial charge >= 0.3 is 0 Å². The molecule has 3 rings (SSSR count). The van der Waals surface area contributed by atoms with Crippen molar-refractivity contribution >= 4 is 46.6 Å². The zero-order chi connectivity index (χ0) is 21.7. The predicted molar refractivity (Wildman–Crippen MR) is 123 cm³/mol. The van der Waals surface area contributed by atoms with E-state index in [-0.39, 0.29) is 11.7 Å². The summed E-state index contributed by atoms with van der Waals surface area (Å²) in [7, 11) is 1.53. The average molecular weight is 463 g/mol. The van der Waals surface area contributed by atoms with Crippen LogP contribution in [-0.4, -0.2) is 33.5 Å². The summed E-state index contributed by atoms with van der Waals surface area (Å²) >= 11 is 13.5. The molecule has 2 aromatic carbocycles. The zero-order valence-corrected chi connectivity index (χ0v) is 18.8. The van der Waals surface area contributed by atoms with Crippen LogP contribution in [-0.2, 0) is 11.3 Å². The molecule has 0 fully saturated rings. The number of aromatic nitrogens is 3. The Bertz CT molecular complexity index is 1080. The van der Waals surface area contributed by atoms with Gasteiger partial charge in [-0.25, -0.2) is 0 Å². The van der Waals surface area contributed by atoms with Crippen molar-refractivity contribution in [3.05, 3.63) is 64.7 Å². The summed E-state index contributed by atoms with van der Waals surface area (Å²) in [4.78, 5) is 12.5. The van der Waals surface area contributed by atoms with Crippen molar-refractivity contribution in [1.29, 1.82) is 0 Å². The van der Waals surface area contributed by atoms with Gasteiger partial charge in [-0.3, -0.25) is 9.36 Å². The van der Waals surface area contributed by atoms with Gasteiger partial charge in [-0.15, -0.1) is 16.8 Å². The summed E-state index contributed by atoms with van der Waals surface area (Å²) in [5, 5.41) is 13.2. The van der Waals surface area contributed by atoms with Gasteiger partial charge in [0.2, 0.25) is 5.91 Å².